The number of rotatable bonds is 5. The summed E-state index contributed by atoms with van der Waals surface area (Å²) in [6, 6.07) is 8.96. The number of carbonyl (C=O) groups is 1. The van der Waals surface area contributed by atoms with E-state index in [0.29, 0.717) is 42.7 Å². The van der Waals surface area contributed by atoms with Crippen molar-refractivity contribution in [2.75, 3.05) is 25.1 Å². The molecule has 0 bridgehead atoms. The minimum Gasteiger partial charge on any atom is -0.490 e. The standard InChI is InChI=1S/C17H20N4O4.HI/c18-17(20-11-16(22)19-10-13-3-1-6-23-13)21-12-4-5-14-15(9-12)25-8-2-7-24-14;/h1,3-6,9H,2,7-8,10-11H2,(H,19,22)(H3,18,20,21);1H. The van der Waals surface area contributed by atoms with Gasteiger partial charge in [-0.3, -0.25) is 4.79 Å². The minimum atomic E-state index is -0.250. The van der Waals surface area contributed by atoms with E-state index >= 15 is 0 Å². The van der Waals surface area contributed by atoms with Crippen molar-refractivity contribution in [1.29, 1.82) is 0 Å². The minimum absolute atomic E-state index is 0. The maximum atomic E-state index is 11.7. The highest BCUT2D eigenvalue weighted by molar-refractivity contribution is 14.0. The van der Waals surface area contributed by atoms with Gasteiger partial charge in [-0.05, 0) is 24.3 Å². The van der Waals surface area contributed by atoms with Crippen LogP contribution >= 0.6 is 24.0 Å². The topological polar surface area (TPSA) is 111 Å². The van der Waals surface area contributed by atoms with Crippen LogP contribution < -0.4 is 25.8 Å². The zero-order valence-electron chi connectivity index (χ0n) is 14.1. The van der Waals surface area contributed by atoms with Gasteiger partial charge in [-0.2, -0.15) is 0 Å². The third-order valence-corrected chi connectivity index (χ3v) is 3.45. The smallest absolute Gasteiger partial charge is 0.242 e. The molecule has 2 aromatic rings. The highest BCUT2D eigenvalue weighted by Crippen LogP contribution is 2.32. The van der Waals surface area contributed by atoms with Gasteiger partial charge < -0.3 is 30.3 Å². The van der Waals surface area contributed by atoms with Crippen molar-refractivity contribution >= 4 is 41.5 Å². The molecule has 0 aliphatic carbocycles. The average molecular weight is 472 g/mol. The fourth-order valence-electron chi connectivity index (χ4n) is 2.24. The number of nitrogens with zero attached hydrogens (tertiary/aromatic N) is 1. The van der Waals surface area contributed by atoms with Crippen molar-refractivity contribution in [2.24, 2.45) is 10.7 Å². The lowest BCUT2D eigenvalue weighted by molar-refractivity contribution is -0.119. The van der Waals surface area contributed by atoms with Crippen LogP contribution in [0.15, 0.2) is 46.0 Å². The van der Waals surface area contributed by atoms with Crippen molar-refractivity contribution in [3.8, 4) is 11.5 Å². The van der Waals surface area contributed by atoms with Gasteiger partial charge in [0.15, 0.2) is 17.5 Å². The number of hydrogen-bond donors (Lipinski definition) is 3. The maximum Gasteiger partial charge on any atom is 0.242 e. The van der Waals surface area contributed by atoms with Gasteiger partial charge in [-0.25, -0.2) is 4.99 Å². The summed E-state index contributed by atoms with van der Waals surface area (Å²) < 4.78 is 16.3. The Morgan fingerprint density at radius 2 is 2.00 bits per heavy atom. The van der Waals surface area contributed by atoms with Gasteiger partial charge in [-0.1, -0.05) is 0 Å². The molecule has 1 aliphatic rings. The van der Waals surface area contributed by atoms with Crippen LogP contribution in [-0.4, -0.2) is 31.6 Å². The second-order valence-corrected chi connectivity index (χ2v) is 5.39. The van der Waals surface area contributed by atoms with E-state index in [0.717, 1.165) is 6.42 Å². The number of ether oxygens (including phenoxy) is 2. The average Bonchev–Trinajstić information content (AvgIpc) is 3.02. The Morgan fingerprint density at radius 3 is 2.77 bits per heavy atom. The van der Waals surface area contributed by atoms with Crippen LogP contribution in [0.4, 0.5) is 5.69 Å². The molecule has 1 aromatic carbocycles. The fraction of sp³-hybridized carbons (Fsp3) is 0.294. The maximum absolute atomic E-state index is 11.7. The number of fused-ring (bicyclic) bond motifs is 1. The molecule has 0 atom stereocenters. The number of anilines is 1. The number of amides is 1. The largest absolute Gasteiger partial charge is 0.490 e. The summed E-state index contributed by atoms with van der Waals surface area (Å²) >= 11 is 0. The van der Waals surface area contributed by atoms with Crippen LogP contribution in [0.2, 0.25) is 0 Å². The number of nitrogens with two attached hydrogens (primary N) is 1. The van der Waals surface area contributed by atoms with Crippen molar-refractivity contribution in [3.63, 3.8) is 0 Å². The van der Waals surface area contributed by atoms with E-state index in [-0.39, 0.29) is 42.4 Å². The second kappa shape index (κ2) is 9.90. The number of benzene rings is 1. The van der Waals surface area contributed by atoms with Crippen LogP contribution in [0.5, 0.6) is 11.5 Å². The third-order valence-electron chi connectivity index (χ3n) is 3.45. The van der Waals surface area contributed by atoms with Gasteiger partial charge in [0, 0.05) is 18.2 Å². The molecule has 1 aliphatic heterocycles. The quantitative estimate of drug-likeness (QED) is 0.349. The summed E-state index contributed by atoms with van der Waals surface area (Å²) in [7, 11) is 0. The lowest BCUT2D eigenvalue weighted by atomic mass is 10.3. The van der Waals surface area contributed by atoms with Gasteiger partial charge in [0.25, 0.3) is 0 Å². The molecular weight excluding hydrogens is 451 g/mol. The first-order valence-corrected chi connectivity index (χ1v) is 7.96. The van der Waals surface area contributed by atoms with Crippen molar-refractivity contribution in [1.82, 2.24) is 5.32 Å². The van der Waals surface area contributed by atoms with E-state index in [4.69, 9.17) is 19.6 Å². The third kappa shape index (κ3) is 5.83. The number of guanidine groups is 1. The first-order valence-electron chi connectivity index (χ1n) is 7.96. The van der Waals surface area contributed by atoms with Gasteiger partial charge in [0.2, 0.25) is 5.91 Å². The number of hydrogen-bond acceptors (Lipinski definition) is 5. The lowest BCUT2D eigenvalue weighted by Crippen LogP contribution is -2.28. The Morgan fingerprint density at radius 1 is 1.19 bits per heavy atom. The molecule has 9 heteroatoms. The Kier molecular flexibility index (Phi) is 7.57. The molecule has 8 nitrogen and oxygen atoms in total. The highest BCUT2D eigenvalue weighted by Gasteiger charge is 2.11. The second-order valence-electron chi connectivity index (χ2n) is 5.39. The van der Waals surface area contributed by atoms with Gasteiger partial charge in [-0.15, -0.1) is 24.0 Å². The molecule has 0 saturated heterocycles. The first kappa shape index (κ1) is 19.9. The molecular formula is C17H21IN4O4. The molecule has 1 aromatic heterocycles. The number of furan rings is 1. The van der Waals surface area contributed by atoms with Crippen molar-refractivity contribution < 1.29 is 18.7 Å². The number of halogens is 1. The van der Waals surface area contributed by atoms with Gasteiger partial charge in [0.05, 0.1) is 26.0 Å². The molecule has 140 valence electrons. The predicted molar refractivity (Wildman–Crippen MR) is 108 cm³/mol. The summed E-state index contributed by atoms with van der Waals surface area (Å²) in [5.74, 6) is 1.93. The first-order chi connectivity index (χ1) is 12.2. The summed E-state index contributed by atoms with van der Waals surface area (Å²) in [4.78, 5) is 15.8. The van der Waals surface area contributed by atoms with E-state index in [1.165, 1.54) is 0 Å². The van der Waals surface area contributed by atoms with Crippen LogP contribution in [0.25, 0.3) is 0 Å². The molecule has 3 rings (SSSR count). The summed E-state index contributed by atoms with van der Waals surface area (Å²) in [6.45, 7) is 1.48. The molecule has 0 fully saturated rings. The zero-order chi connectivity index (χ0) is 17.5. The molecule has 0 radical (unpaired) electrons. The Hall–Kier alpha value is -2.43. The zero-order valence-corrected chi connectivity index (χ0v) is 16.4. The lowest BCUT2D eigenvalue weighted by Gasteiger charge is -2.10. The van der Waals surface area contributed by atoms with E-state index in [2.05, 4.69) is 15.6 Å². The van der Waals surface area contributed by atoms with Crippen LogP contribution in [0, 0.1) is 0 Å². The van der Waals surface area contributed by atoms with E-state index in [1.54, 1.807) is 24.5 Å². The van der Waals surface area contributed by atoms with E-state index in [9.17, 15) is 4.79 Å². The van der Waals surface area contributed by atoms with Crippen LogP contribution in [-0.2, 0) is 11.3 Å². The Bertz CT molecular complexity index is 749. The normalized spacial score (nSPS) is 13.3. The number of carbonyl (C=O) groups excluding carboxylic acids is 1. The molecule has 1 amide bonds. The Balaban J connectivity index is 0.00000243. The summed E-state index contributed by atoms with van der Waals surface area (Å²) in [5, 5.41) is 5.62. The van der Waals surface area contributed by atoms with Crippen molar-refractivity contribution in [2.45, 2.75) is 13.0 Å². The molecule has 2 heterocycles. The molecule has 26 heavy (non-hydrogen) atoms. The van der Waals surface area contributed by atoms with Crippen molar-refractivity contribution in [3.05, 3.63) is 42.4 Å². The SMILES string of the molecule is I.NC(=NCC(=O)NCc1ccco1)Nc1ccc2c(c1)OCCCO2. The fourth-order valence-corrected chi connectivity index (χ4v) is 2.24. The molecule has 0 spiro atoms. The van der Waals surface area contributed by atoms with Crippen LogP contribution in [0.3, 0.4) is 0 Å². The monoisotopic (exact) mass is 472 g/mol. The van der Waals surface area contributed by atoms with E-state index < -0.39 is 0 Å². The number of nitrogens with one attached hydrogen (secondary N) is 2. The predicted octanol–water partition coefficient (Wildman–Crippen LogP) is 2.10. The van der Waals surface area contributed by atoms with E-state index in [1.807, 2.05) is 12.1 Å². The highest BCUT2D eigenvalue weighted by atomic mass is 127. The Labute approximate surface area is 168 Å². The van der Waals surface area contributed by atoms with Gasteiger partial charge >= 0.3 is 0 Å². The summed E-state index contributed by atoms with van der Waals surface area (Å²) in [6.07, 6.45) is 2.39. The molecule has 4 N–H and O–H groups in total. The van der Waals surface area contributed by atoms with Gasteiger partial charge in [0.1, 0.15) is 12.3 Å². The molecule has 0 unspecified atom stereocenters. The molecule has 0 saturated carbocycles. The van der Waals surface area contributed by atoms with Crippen LogP contribution in [0.1, 0.15) is 12.2 Å². The number of aliphatic imine (C=N–C) groups is 1. The summed E-state index contributed by atoms with van der Waals surface area (Å²) in [5.41, 5.74) is 6.53.